The highest BCUT2D eigenvalue weighted by Gasteiger charge is 2.30. The van der Waals surface area contributed by atoms with Crippen LogP contribution in [0.3, 0.4) is 0 Å². The maximum Gasteiger partial charge on any atom is 0.246 e. The number of amides is 1. The Bertz CT molecular complexity index is 497. The lowest BCUT2D eigenvalue weighted by Crippen LogP contribution is -2.31. The van der Waals surface area contributed by atoms with Crippen LogP contribution in [0.1, 0.15) is 18.0 Å². The fourth-order valence-electron chi connectivity index (χ4n) is 2.79. The molecule has 1 aromatic carbocycles. The van der Waals surface area contributed by atoms with Crippen molar-refractivity contribution in [2.45, 2.75) is 18.5 Å². The van der Waals surface area contributed by atoms with E-state index in [0.717, 1.165) is 36.6 Å². The van der Waals surface area contributed by atoms with Crippen molar-refractivity contribution in [3.05, 3.63) is 23.8 Å². The number of nitrogens with one attached hydrogen (secondary N) is 2. The molecule has 5 nitrogen and oxygen atoms in total. The van der Waals surface area contributed by atoms with Crippen molar-refractivity contribution in [3.63, 3.8) is 0 Å². The zero-order chi connectivity index (χ0) is 13.4. The molecule has 3 rings (SSSR count). The number of benzene rings is 1. The van der Waals surface area contributed by atoms with Gasteiger partial charge < -0.3 is 20.3 Å². The molecule has 2 aliphatic heterocycles. The number of hydrogen-bond acceptors (Lipinski definition) is 4. The van der Waals surface area contributed by atoms with E-state index >= 15 is 0 Å². The van der Waals surface area contributed by atoms with Gasteiger partial charge in [-0.1, -0.05) is 6.07 Å². The number of carbonyl (C=O) groups is 1. The molecule has 0 saturated carbocycles. The van der Waals surface area contributed by atoms with E-state index in [1.165, 1.54) is 0 Å². The third kappa shape index (κ3) is 2.09. The summed E-state index contributed by atoms with van der Waals surface area (Å²) in [6.07, 6.45) is 1.05. The predicted octanol–water partition coefficient (Wildman–Crippen LogP) is 1.12. The maximum atomic E-state index is 11.8. The van der Waals surface area contributed by atoms with Crippen molar-refractivity contribution >= 4 is 17.3 Å². The van der Waals surface area contributed by atoms with E-state index in [1.54, 1.807) is 7.05 Å². The van der Waals surface area contributed by atoms with Crippen molar-refractivity contribution in [1.29, 1.82) is 0 Å². The lowest BCUT2D eigenvalue weighted by atomic mass is 10.1. The topological polar surface area (TPSA) is 53.6 Å². The second-order valence-electron chi connectivity index (χ2n) is 5.11. The molecule has 2 N–H and O–H groups in total. The van der Waals surface area contributed by atoms with E-state index in [4.69, 9.17) is 4.74 Å². The fourth-order valence-corrected chi connectivity index (χ4v) is 2.79. The summed E-state index contributed by atoms with van der Waals surface area (Å²) in [6.45, 7) is 1.61. The van der Waals surface area contributed by atoms with Gasteiger partial charge in [-0.05, 0) is 25.6 Å². The first-order chi connectivity index (χ1) is 9.20. The molecular formula is C14H19N3O2. The van der Waals surface area contributed by atoms with Crippen LogP contribution in [0.2, 0.25) is 0 Å². The van der Waals surface area contributed by atoms with Crippen molar-refractivity contribution in [2.75, 3.05) is 37.5 Å². The summed E-state index contributed by atoms with van der Waals surface area (Å²) in [5, 5.41) is 5.95. The average molecular weight is 261 g/mol. The number of likely N-dealkylation sites (N-methyl/N-ethyl adjacent to an activating group) is 2. The first kappa shape index (κ1) is 12.4. The van der Waals surface area contributed by atoms with Gasteiger partial charge in [0.05, 0.1) is 12.6 Å². The van der Waals surface area contributed by atoms with Gasteiger partial charge in [-0.25, -0.2) is 0 Å². The van der Waals surface area contributed by atoms with Gasteiger partial charge in [-0.2, -0.15) is 0 Å². The Morgan fingerprint density at radius 1 is 1.47 bits per heavy atom. The summed E-state index contributed by atoms with van der Waals surface area (Å²) in [4.78, 5) is 14.0. The summed E-state index contributed by atoms with van der Waals surface area (Å²) in [5.74, 6) is 0.0153. The van der Waals surface area contributed by atoms with E-state index < -0.39 is 0 Å². The number of fused-ring (bicyclic) bond motifs is 1. The SMILES string of the molecule is CNC1C(=O)Nc2cc(N(C)C3CCOC3)ccc21. The minimum Gasteiger partial charge on any atom is -0.379 e. The molecule has 0 aliphatic carbocycles. The number of anilines is 2. The van der Waals surface area contributed by atoms with E-state index in [-0.39, 0.29) is 11.9 Å². The monoisotopic (exact) mass is 261 g/mol. The van der Waals surface area contributed by atoms with E-state index in [0.29, 0.717) is 6.04 Å². The van der Waals surface area contributed by atoms with Gasteiger partial charge in [0.15, 0.2) is 0 Å². The second kappa shape index (κ2) is 4.83. The predicted molar refractivity (Wildman–Crippen MR) is 74.5 cm³/mol. The van der Waals surface area contributed by atoms with Crippen LogP contribution in [0, 0.1) is 0 Å². The van der Waals surface area contributed by atoms with Crippen LogP contribution in [0.5, 0.6) is 0 Å². The van der Waals surface area contributed by atoms with Crippen LogP contribution < -0.4 is 15.5 Å². The molecule has 2 heterocycles. The number of carbonyl (C=O) groups excluding carboxylic acids is 1. The molecule has 1 fully saturated rings. The Hall–Kier alpha value is -1.59. The Kier molecular flexibility index (Phi) is 3.16. The van der Waals surface area contributed by atoms with Gasteiger partial charge in [0.1, 0.15) is 6.04 Å². The first-order valence-electron chi connectivity index (χ1n) is 6.63. The van der Waals surface area contributed by atoms with Crippen molar-refractivity contribution in [1.82, 2.24) is 5.32 Å². The molecule has 0 aromatic heterocycles. The number of nitrogens with zero attached hydrogens (tertiary/aromatic N) is 1. The van der Waals surface area contributed by atoms with Crippen LogP contribution in [0.15, 0.2) is 18.2 Å². The van der Waals surface area contributed by atoms with E-state index in [1.807, 2.05) is 12.1 Å². The largest absolute Gasteiger partial charge is 0.379 e. The van der Waals surface area contributed by atoms with Crippen molar-refractivity contribution < 1.29 is 9.53 Å². The van der Waals surface area contributed by atoms with Crippen LogP contribution in [-0.2, 0) is 9.53 Å². The number of hydrogen-bond donors (Lipinski definition) is 2. The molecular weight excluding hydrogens is 242 g/mol. The molecule has 2 aliphatic rings. The molecule has 0 spiro atoms. The van der Waals surface area contributed by atoms with Crippen molar-refractivity contribution in [2.24, 2.45) is 0 Å². The minimum absolute atomic E-state index is 0.0153. The summed E-state index contributed by atoms with van der Waals surface area (Å²) < 4.78 is 5.42. The highest BCUT2D eigenvalue weighted by atomic mass is 16.5. The third-order valence-corrected chi connectivity index (χ3v) is 4.02. The van der Waals surface area contributed by atoms with Crippen LogP contribution in [0.25, 0.3) is 0 Å². The molecule has 2 atom stereocenters. The molecule has 2 unspecified atom stereocenters. The second-order valence-corrected chi connectivity index (χ2v) is 5.11. The summed E-state index contributed by atoms with van der Waals surface area (Å²) in [6, 6.07) is 6.33. The summed E-state index contributed by atoms with van der Waals surface area (Å²) >= 11 is 0. The van der Waals surface area contributed by atoms with E-state index in [9.17, 15) is 4.79 Å². The van der Waals surface area contributed by atoms with Crippen LogP contribution in [0.4, 0.5) is 11.4 Å². The van der Waals surface area contributed by atoms with Crippen LogP contribution >= 0.6 is 0 Å². The molecule has 0 bridgehead atoms. The third-order valence-electron chi connectivity index (χ3n) is 4.02. The lowest BCUT2D eigenvalue weighted by Gasteiger charge is -2.26. The highest BCUT2D eigenvalue weighted by molar-refractivity contribution is 6.03. The molecule has 19 heavy (non-hydrogen) atoms. The Balaban J connectivity index is 1.86. The smallest absolute Gasteiger partial charge is 0.246 e. The molecule has 5 heteroatoms. The maximum absolute atomic E-state index is 11.8. The van der Waals surface area contributed by atoms with E-state index in [2.05, 4.69) is 28.6 Å². The number of rotatable bonds is 3. The molecule has 1 aromatic rings. The fraction of sp³-hybridized carbons (Fsp3) is 0.500. The first-order valence-corrected chi connectivity index (χ1v) is 6.63. The highest BCUT2D eigenvalue weighted by Crippen LogP contribution is 2.34. The summed E-state index contributed by atoms with van der Waals surface area (Å²) in [7, 11) is 3.88. The zero-order valence-electron chi connectivity index (χ0n) is 11.3. The van der Waals surface area contributed by atoms with Gasteiger partial charge in [0, 0.05) is 30.6 Å². The number of ether oxygens (including phenoxy) is 1. The van der Waals surface area contributed by atoms with Gasteiger partial charge in [-0.15, -0.1) is 0 Å². The average Bonchev–Trinajstić information content (AvgIpc) is 3.03. The van der Waals surface area contributed by atoms with Gasteiger partial charge >= 0.3 is 0 Å². The molecule has 1 amide bonds. The van der Waals surface area contributed by atoms with Gasteiger partial charge in [0.2, 0.25) is 5.91 Å². The zero-order valence-corrected chi connectivity index (χ0v) is 11.3. The Morgan fingerprint density at radius 3 is 3.00 bits per heavy atom. The molecule has 1 saturated heterocycles. The van der Waals surface area contributed by atoms with Crippen LogP contribution in [-0.4, -0.2) is 39.3 Å². The quantitative estimate of drug-likeness (QED) is 0.856. The lowest BCUT2D eigenvalue weighted by molar-refractivity contribution is -0.117. The van der Waals surface area contributed by atoms with Gasteiger partial charge in [-0.3, -0.25) is 4.79 Å². The summed E-state index contributed by atoms with van der Waals surface area (Å²) in [5.41, 5.74) is 3.05. The molecule has 0 radical (unpaired) electrons. The minimum atomic E-state index is -0.232. The Morgan fingerprint density at radius 2 is 2.32 bits per heavy atom. The van der Waals surface area contributed by atoms with Gasteiger partial charge in [0.25, 0.3) is 0 Å². The standard InChI is InChI=1S/C14H19N3O2/c1-15-13-11-4-3-9(7-12(11)16-14(13)18)17(2)10-5-6-19-8-10/h3-4,7,10,13,15H,5-6,8H2,1-2H3,(H,16,18). The normalized spacial score (nSPS) is 25.3. The van der Waals surface area contributed by atoms with Crippen molar-refractivity contribution in [3.8, 4) is 0 Å². The molecule has 102 valence electrons. The Labute approximate surface area is 112 Å².